The van der Waals surface area contributed by atoms with Gasteiger partial charge in [-0.15, -0.1) is 0 Å². The van der Waals surface area contributed by atoms with Gasteiger partial charge in [-0.25, -0.2) is 0 Å². The van der Waals surface area contributed by atoms with E-state index in [0.717, 1.165) is 28.3 Å². The maximum atomic E-state index is 13.0. The van der Waals surface area contributed by atoms with Gasteiger partial charge in [0.2, 0.25) is 0 Å². The number of phenolic OH excluding ortho intramolecular Hbond substituents is 1. The number of phenols is 1. The van der Waals surface area contributed by atoms with Crippen molar-refractivity contribution in [3.63, 3.8) is 0 Å². The number of hydrogen-bond acceptors (Lipinski definition) is 5. The van der Waals surface area contributed by atoms with Crippen LogP contribution in [-0.2, 0) is 13.0 Å². The highest BCUT2D eigenvalue weighted by Gasteiger charge is 2.29. The lowest BCUT2D eigenvalue weighted by Gasteiger charge is -2.27. The van der Waals surface area contributed by atoms with Crippen LogP contribution >= 0.6 is 0 Å². The summed E-state index contributed by atoms with van der Waals surface area (Å²) in [7, 11) is 1.62. The van der Waals surface area contributed by atoms with Crippen LogP contribution in [0.25, 0.3) is 11.3 Å². The molecule has 0 saturated heterocycles. The van der Waals surface area contributed by atoms with E-state index in [4.69, 9.17) is 9.26 Å². The fraction of sp³-hybridized carbons (Fsp3) is 0.238. The van der Waals surface area contributed by atoms with E-state index in [1.165, 1.54) is 0 Å². The van der Waals surface area contributed by atoms with E-state index >= 15 is 0 Å². The molecule has 138 valence electrons. The summed E-state index contributed by atoms with van der Waals surface area (Å²) in [4.78, 5) is 14.8. The lowest BCUT2D eigenvalue weighted by atomic mass is 9.99. The number of aromatic hydroxyl groups is 1. The molecule has 6 nitrogen and oxygen atoms in total. The molecular weight excluding hydrogens is 344 g/mol. The van der Waals surface area contributed by atoms with Gasteiger partial charge in [0.05, 0.1) is 13.7 Å². The monoisotopic (exact) mass is 364 g/mol. The van der Waals surface area contributed by atoms with Crippen LogP contribution in [0.1, 0.15) is 27.2 Å². The second-order valence-electron chi connectivity index (χ2n) is 6.59. The Balaban J connectivity index is 1.66. The van der Waals surface area contributed by atoms with E-state index < -0.39 is 0 Å². The molecule has 3 aromatic rings. The number of benzene rings is 2. The number of aromatic nitrogens is 1. The molecule has 0 radical (unpaired) electrons. The molecule has 4 rings (SSSR count). The second kappa shape index (κ2) is 6.79. The summed E-state index contributed by atoms with van der Waals surface area (Å²) >= 11 is 0. The maximum Gasteiger partial charge on any atom is 0.254 e. The first kappa shape index (κ1) is 17.1. The minimum atomic E-state index is -0.105. The molecule has 0 bridgehead atoms. The molecule has 1 aromatic heterocycles. The van der Waals surface area contributed by atoms with E-state index in [2.05, 4.69) is 5.16 Å². The van der Waals surface area contributed by atoms with Crippen LogP contribution in [0.15, 0.2) is 47.0 Å². The zero-order valence-corrected chi connectivity index (χ0v) is 15.2. The van der Waals surface area contributed by atoms with Gasteiger partial charge < -0.3 is 19.3 Å². The minimum Gasteiger partial charge on any atom is -0.508 e. The first-order valence-corrected chi connectivity index (χ1v) is 8.78. The Morgan fingerprint density at radius 1 is 1.26 bits per heavy atom. The quantitative estimate of drug-likeness (QED) is 0.769. The fourth-order valence-electron chi connectivity index (χ4n) is 3.41. The number of hydrogen-bond donors (Lipinski definition) is 1. The largest absolute Gasteiger partial charge is 0.508 e. The van der Waals surface area contributed by atoms with Gasteiger partial charge in [-0.05, 0) is 31.2 Å². The number of ether oxygens (including phenoxy) is 1. The van der Waals surface area contributed by atoms with Crippen molar-refractivity contribution in [1.29, 1.82) is 0 Å². The minimum absolute atomic E-state index is 0.105. The SMILES string of the molecule is COc1cccc(-c2noc3c2CN(C(=O)c2cccc(O)c2C)CC3)c1. The maximum absolute atomic E-state index is 13.0. The summed E-state index contributed by atoms with van der Waals surface area (Å²) in [5, 5.41) is 14.1. The van der Waals surface area contributed by atoms with Crippen LogP contribution in [0.3, 0.4) is 0 Å². The van der Waals surface area contributed by atoms with Crippen molar-refractivity contribution in [2.75, 3.05) is 13.7 Å². The number of amides is 1. The lowest BCUT2D eigenvalue weighted by Crippen LogP contribution is -2.36. The van der Waals surface area contributed by atoms with Crippen molar-refractivity contribution in [2.24, 2.45) is 0 Å². The molecule has 1 aliphatic rings. The number of carbonyl (C=O) groups excluding carboxylic acids is 1. The molecule has 1 N–H and O–H groups in total. The second-order valence-corrected chi connectivity index (χ2v) is 6.59. The van der Waals surface area contributed by atoms with Crippen LogP contribution in [0.4, 0.5) is 0 Å². The standard InChI is InChI=1S/C21H20N2O4/c1-13-16(7-4-8-18(13)24)21(25)23-10-9-19-17(12-23)20(22-27-19)14-5-3-6-15(11-14)26-2/h3-8,11,24H,9-10,12H2,1-2H3. The fourth-order valence-corrected chi connectivity index (χ4v) is 3.41. The summed E-state index contributed by atoms with van der Waals surface area (Å²) in [6.45, 7) is 2.71. The number of rotatable bonds is 3. The third-order valence-electron chi connectivity index (χ3n) is 4.99. The van der Waals surface area contributed by atoms with Gasteiger partial charge in [0.15, 0.2) is 0 Å². The van der Waals surface area contributed by atoms with Crippen LogP contribution in [0.2, 0.25) is 0 Å². The predicted octanol–water partition coefficient (Wildman–Crippen LogP) is 3.56. The Kier molecular flexibility index (Phi) is 4.32. The summed E-state index contributed by atoms with van der Waals surface area (Å²) in [5.41, 5.74) is 3.64. The van der Waals surface area contributed by atoms with Crippen LogP contribution < -0.4 is 4.74 Å². The summed E-state index contributed by atoms with van der Waals surface area (Å²) in [5.74, 6) is 1.57. The van der Waals surface area contributed by atoms with Crippen molar-refractivity contribution >= 4 is 5.91 Å². The van der Waals surface area contributed by atoms with Gasteiger partial charge in [-0.1, -0.05) is 23.4 Å². The van der Waals surface area contributed by atoms with Gasteiger partial charge in [-0.2, -0.15) is 0 Å². The van der Waals surface area contributed by atoms with E-state index in [9.17, 15) is 9.90 Å². The Hall–Kier alpha value is -3.28. The zero-order chi connectivity index (χ0) is 19.0. The van der Waals surface area contributed by atoms with Crippen LogP contribution in [-0.4, -0.2) is 34.7 Å². The highest BCUT2D eigenvalue weighted by Crippen LogP contribution is 2.32. The molecule has 0 unspecified atom stereocenters. The molecule has 1 amide bonds. The van der Waals surface area contributed by atoms with E-state index in [1.54, 1.807) is 37.1 Å². The molecule has 0 aliphatic carbocycles. The van der Waals surface area contributed by atoms with Crippen LogP contribution in [0, 0.1) is 6.92 Å². The molecule has 27 heavy (non-hydrogen) atoms. The molecule has 6 heteroatoms. The molecular formula is C21H20N2O4. The normalized spacial score (nSPS) is 13.3. The van der Waals surface area contributed by atoms with Crippen molar-refractivity contribution in [3.05, 3.63) is 64.9 Å². The Morgan fingerprint density at radius 3 is 2.89 bits per heavy atom. The number of methoxy groups -OCH3 is 1. The summed E-state index contributed by atoms with van der Waals surface area (Å²) in [6.07, 6.45) is 0.607. The highest BCUT2D eigenvalue weighted by molar-refractivity contribution is 5.96. The number of carbonyl (C=O) groups is 1. The van der Waals surface area contributed by atoms with Crippen molar-refractivity contribution in [2.45, 2.75) is 19.9 Å². The average molecular weight is 364 g/mol. The van der Waals surface area contributed by atoms with Crippen molar-refractivity contribution in [1.82, 2.24) is 10.1 Å². The first-order valence-electron chi connectivity index (χ1n) is 8.78. The zero-order valence-electron chi connectivity index (χ0n) is 15.2. The third kappa shape index (κ3) is 3.03. The van der Waals surface area contributed by atoms with Crippen molar-refractivity contribution < 1.29 is 19.2 Å². The molecule has 1 aliphatic heterocycles. The molecule has 2 aromatic carbocycles. The third-order valence-corrected chi connectivity index (χ3v) is 4.99. The van der Waals surface area contributed by atoms with Gasteiger partial charge in [0.1, 0.15) is 23.0 Å². The summed E-state index contributed by atoms with van der Waals surface area (Å²) in [6, 6.07) is 12.6. The van der Waals surface area contributed by atoms with Crippen LogP contribution in [0.5, 0.6) is 11.5 Å². The number of nitrogens with zero attached hydrogens (tertiary/aromatic N) is 2. The average Bonchev–Trinajstić information content (AvgIpc) is 3.13. The molecule has 2 heterocycles. The van der Waals surface area contributed by atoms with Gasteiger partial charge in [0.25, 0.3) is 5.91 Å². The van der Waals surface area contributed by atoms with E-state index in [1.807, 2.05) is 24.3 Å². The Morgan fingerprint density at radius 2 is 2.07 bits per heavy atom. The lowest BCUT2D eigenvalue weighted by molar-refractivity contribution is 0.0728. The molecule has 0 saturated carbocycles. The molecule has 0 fully saturated rings. The van der Waals surface area contributed by atoms with Gasteiger partial charge in [0, 0.05) is 35.2 Å². The highest BCUT2D eigenvalue weighted by atomic mass is 16.5. The summed E-state index contributed by atoms with van der Waals surface area (Å²) < 4.78 is 10.8. The van der Waals surface area contributed by atoms with E-state index in [0.29, 0.717) is 30.6 Å². The number of fused-ring (bicyclic) bond motifs is 1. The van der Waals surface area contributed by atoms with Crippen molar-refractivity contribution in [3.8, 4) is 22.8 Å². The predicted molar refractivity (Wildman–Crippen MR) is 99.8 cm³/mol. The molecule has 0 spiro atoms. The topological polar surface area (TPSA) is 75.8 Å². The molecule has 0 atom stereocenters. The Bertz CT molecular complexity index is 1010. The first-order chi connectivity index (χ1) is 13.1. The van der Waals surface area contributed by atoms with Gasteiger partial charge >= 0.3 is 0 Å². The van der Waals surface area contributed by atoms with Gasteiger partial charge in [-0.3, -0.25) is 4.79 Å². The van der Waals surface area contributed by atoms with E-state index in [-0.39, 0.29) is 11.7 Å². The smallest absolute Gasteiger partial charge is 0.254 e. The Labute approximate surface area is 157 Å².